The highest BCUT2D eigenvalue weighted by Crippen LogP contribution is 2.33. The molecule has 21 heavy (non-hydrogen) atoms. The minimum atomic E-state index is -3.34. The van der Waals surface area contributed by atoms with E-state index >= 15 is 0 Å². The van der Waals surface area contributed by atoms with E-state index in [1.54, 1.807) is 18.2 Å². The van der Waals surface area contributed by atoms with Gasteiger partial charge < -0.3 is 9.84 Å². The molecule has 1 aliphatic heterocycles. The molecule has 1 heterocycles. The fourth-order valence-corrected chi connectivity index (χ4v) is 3.87. The van der Waals surface area contributed by atoms with Crippen molar-refractivity contribution in [3.63, 3.8) is 0 Å². The van der Waals surface area contributed by atoms with Crippen molar-refractivity contribution in [2.45, 2.75) is 12.8 Å². The Labute approximate surface area is 123 Å². The molecule has 114 valence electrons. The summed E-state index contributed by atoms with van der Waals surface area (Å²) in [4.78, 5) is 10.6. The molecule has 0 aliphatic carbocycles. The lowest BCUT2D eigenvalue weighted by atomic mass is 10.1. The third kappa shape index (κ3) is 3.55. The Morgan fingerprint density at radius 3 is 2.76 bits per heavy atom. The van der Waals surface area contributed by atoms with Gasteiger partial charge >= 0.3 is 5.97 Å². The number of methoxy groups -OCH3 is 1. The lowest BCUT2D eigenvalue weighted by Gasteiger charge is -2.29. The largest absolute Gasteiger partial charge is 0.495 e. The van der Waals surface area contributed by atoms with E-state index in [-0.39, 0.29) is 5.75 Å². The monoisotopic (exact) mass is 311 g/mol. The quantitative estimate of drug-likeness (QED) is 0.856. The number of rotatable bonds is 4. The zero-order valence-corrected chi connectivity index (χ0v) is 12.5. The molecule has 6 nitrogen and oxygen atoms in total. The summed E-state index contributed by atoms with van der Waals surface area (Å²) >= 11 is 0. The average Bonchev–Trinajstić information content (AvgIpc) is 2.44. The minimum Gasteiger partial charge on any atom is -0.495 e. The molecular weight excluding hydrogens is 294 g/mol. The second-order valence-corrected chi connectivity index (χ2v) is 6.71. The van der Waals surface area contributed by atoms with Crippen molar-refractivity contribution < 1.29 is 23.1 Å². The van der Waals surface area contributed by atoms with Crippen molar-refractivity contribution in [2.75, 3.05) is 23.7 Å². The van der Waals surface area contributed by atoms with Gasteiger partial charge in [-0.3, -0.25) is 4.31 Å². The van der Waals surface area contributed by atoms with Crippen LogP contribution in [-0.4, -0.2) is 38.9 Å². The molecule has 1 fully saturated rings. The molecule has 0 spiro atoms. The third-order valence-corrected chi connectivity index (χ3v) is 5.09. The van der Waals surface area contributed by atoms with Gasteiger partial charge in [-0.1, -0.05) is 6.07 Å². The first-order valence-corrected chi connectivity index (χ1v) is 8.14. The number of ether oxygens (including phenoxy) is 1. The van der Waals surface area contributed by atoms with Crippen LogP contribution in [0.25, 0.3) is 6.08 Å². The van der Waals surface area contributed by atoms with Crippen LogP contribution in [0.15, 0.2) is 24.3 Å². The van der Waals surface area contributed by atoms with Gasteiger partial charge in [0.15, 0.2) is 0 Å². The van der Waals surface area contributed by atoms with Gasteiger partial charge in [0.1, 0.15) is 5.75 Å². The number of carboxylic acids is 1. The SMILES string of the molecule is COc1ccc(/C=C/C(=O)O)cc1N1CCCCS1(=O)=O. The second-order valence-electron chi connectivity index (χ2n) is 4.70. The molecule has 0 unspecified atom stereocenters. The molecule has 0 saturated carbocycles. The highest BCUT2D eigenvalue weighted by Gasteiger charge is 2.28. The Kier molecular flexibility index (Phi) is 4.52. The fourth-order valence-electron chi connectivity index (χ4n) is 2.23. The van der Waals surface area contributed by atoms with Crippen molar-refractivity contribution in [3.05, 3.63) is 29.8 Å². The Morgan fingerprint density at radius 1 is 1.38 bits per heavy atom. The number of carboxylic acid groups (broad SMARTS) is 1. The zero-order chi connectivity index (χ0) is 15.5. The standard InChI is InChI=1S/C14H17NO5S/c1-20-13-6-4-11(5-7-14(16)17)10-12(13)15-8-2-3-9-21(15,18)19/h4-7,10H,2-3,8-9H2,1H3,(H,16,17)/b7-5+. The number of carbonyl (C=O) groups is 1. The topological polar surface area (TPSA) is 83.9 Å². The highest BCUT2D eigenvalue weighted by atomic mass is 32.2. The van der Waals surface area contributed by atoms with Gasteiger partial charge in [-0.15, -0.1) is 0 Å². The molecule has 1 aromatic rings. The summed E-state index contributed by atoms with van der Waals surface area (Å²) in [6, 6.07) is 4.94. The molecule has 0 atom stereocenters. The van der Waals surface area contributed by atoms with Gasteiger partial charge in [0.2, 0.25) is 10.0 Å². The molecular formula is C14H17NO5S. The van der Waals surface area contributed by atoms with Gasteiger partial charge in [-0.05, 0) is 36.6 Å². The maximum absolute atomic E-state index is 12.2. The van der Waals surface area contributed by atoms with Crippen LogP contribution >= 0.6 is 0 Å². The van der Waals surface area contributed by atoms with Crippen LogP contribution in [0.2, 0.25) is 0 Å². The fraction of sp³-hybridized carbons (Fsp3) is 0.357. The summed E-state index contributed by atoms with van der Waals surface area (Å²) in [6.07, 6.45) is 3.87. The van der Waals surface area contributed by atoms with Gasteiger partial charge in [0.25, 0.3) is 0 Å². The lowest BCUT2D eigenvalue weighted by molar-refractivity contribution is -0.131. The van der Waals surface area contributed by atoms with Crippen LogP contribution in [0.1, 0.15) is 18.4 Å². The molecule has 7 heteroatoms. The van der Waals surface area contributed by atoms with E-state index in [1.165, 1.54) is 17.5 Å². The summed E-state index contributed by atoms with van der Waals surface area (Å²) in [6.45, 7) is 0.408. The number of sulfonamides is 1. The van der Waals surface area contributed by atoms with Gasteiger partial charge in [0, 0.05) is 12.6 Å². The average molecular weight is 311 g/mol. The summed E-state index contributed by atoms with van der Waals surface area (Å²) < 4.78 is 30.9. The molecule has 0 bridgehead atoms. The Balaban J connectivity index is 2.45. The molecule has 1 saturated heterocycles. The Bertz CT molecular complexity index is 666. The highest BCUT2D eigenvalue weighted by molar-refractivity contribution is 7.92. The lowest BCUT2D eigenvalue weighted by Crippen LogP contribution is -2.38. The first kappa shape index (κ1) is 15.4. The van der Waals surface area contributed by atoms with E-state index < -0.39 is 16.0 Å². The number of hydrogen-bond donors (Lipinski definition) is 1. The third-order valence-electron chi connectivity index (χ3n) is 3.24. The number of anilines is 1. The number of aliphatic carboxylic acids is 1. The van der Waals surface area contributed by atoms with Gasteiger partial charge in [-0.2, -0.15) is 0 Å². The van der Waals surface area contributed by atoms with Crippen molar-refractivity contribution >= 4 is 27.8 Å². The summed E-state index contributed by atoms with van der Waals surface area (Å²) in [5.74, 6) is -0.489. The van der Waals surface area contributed by atoms with Crippen LogP contribution in [0.4, 0.5) is 5.69 Å². The van der Waals surface area contributed by atoms with E-state index in [0.29, 0.717) is 30.0 Å². The zero-order valence-electron chi connectivity index (χ0n) is 11.7. The van der Waals surface area contributed by atoms with E-state index in [2.05, 4.69) is 0 Å². The predicted octanol–water partition coefficient (Wildman–Crippen LogP) is 1.72. The number of nitrogens with zero attached hydrogens (tertiary/aromatic N) is 1. The molecule has 0 radical (unpaired) electrons. The maximum Gasteiger partial charge on any atom is 0.328 e. The molecule has 0 aromatic heterocycles. The molecule has 2 rings (SSSR count). The predicted molar refractivity (Wildman–Crippen MR) is 80.0 cm³/mol. The summed E-state index contributed by atoms with van der Waals surface area (Å²) in [7, 11) is -1.87. The Hall–Kier alpha value is -2.02. The maximum atomic E-state index is 12.2. The second kappa shape index (κ2) is 6.17. The molecule has 1 aromatic carbocycles. The van der Waals surface area contributed by atoms with Crippen molar-refractivity contribution in [1.29, 1.82) is 0 Å². The van der Waals surface area contributed by atoms with E-state index in [9.17, 15) is 13.2 Å². The number of benzene rings is 1. The van der Waals surface area contributed by atoms with Crippen LogP contribution in [0, 0.1) is 0 Å². The van der Waals surface area contributed by atoms with Crippen LogP contribution in [-0.2, 0) is 14.8 Å². The van der Waals surface area contributed by atoms with Gasteiger partial charge in [0.05, 0.1) is 18.6 Å². The molecule has 1 N–H and O–H groups in total. The van der Waals surface area contributed by atoms with Crippen molar-refractivity contribution in [3.8, 4) is 5.75 Å². The van der Waals surface area contributed by atoms with E-state index in [4.69, 9.17) is 9.84 Å². The van der Waals surface area contributed by atoms with E-state index in [0.717, 1.165) is 12.5 Å². The summed E-state index contributed by atoms with van der Waals surface area (Å²) in [5, 5.41) is 8.66. The van der Waals surface area contributed by atoms with Crippen LogP contribution in [0.5, 0.6) is 5.75 Å². The molecule has 1 aliphatic rings. The van der Waals surface area contributed by atoms with Gasteiger partial charge in [-0.25, -0.2) is 13.2 Å². The first-order chi connectivity index (χ1) is 9.94. The van der Waals surface area contributed by atoms with Crippen LogP contribution in [0.3, 0.4) is 0 Å². The summed E-state index contributed by atoms with van der Waals surface area (Å²) in [5.41, 5.74) is 1.05. The molecule has 0 amide bonds. The minimum absolute atomic E-state index is 0.116. The number of hydrogen-bond acceptors (Lipinski definition) is 4. The van der Waals surface area contributed by atoms with Crippen molar-refractivity contribution in [2.24, 2.45) is 0 Å². The Morgan fingerprint density at radius 2 is 2.14 bits per heavy atom. The van der Waals surface area contributed by atoms with Crippen LogP contribution < -0.4 is 9.04 Å². The van der Waals surface area contributed by atoms with E-state index in [1.807, 2.05) is 0 Å². The van der Waals surface area contributed by atoms with Crippen molar-refractivity contribution in [1.82, 2.24) is 0 Å². The normalized spacial score (nSPS) is 17.9. The first-order valence-electron chi connectivity index (χ1n) is 6.53. The smallest absolute Gasteiger partial charge is 0.328 e.